The molecule has 2 amide bonds. The van der Waals surface area contributed by atoms with Gasteiger partial charge in [-0.25, -0.2) is 4.39 Å². The highest BCUT2D eigenvalue weighted by Gasteiger charge is 2.24. The van der Waals surface area contributed by atoms with E-state index in [1.165, 1.54) is 12.1 Å². The quantitative estimate of drug-likeness (QED) is 0.883. The minimum absolute atomic E-state index is 0.0380. The van der Waals surface area contributed by atoms with Crippen molar-refractivity contribution < 1.29 is 18.7 Å². The van der Waals surface area contributed by atoms with Gasteiger partial charge in [-0.15, -0.1) is 0 Å². The molecule has 0 spiro atoms. The lowest BCUT2D eigenvalue weighted by molar-refractivity contribution is -0.118. The summed E-state index contributed by atoms with van der Waals surface area (Å²) in [4.78, 5) is 25.7. The molecule has 1 N–H and O–H groups in total. The Kier molecular flexibility index (Phi) is 5.19. The van der Waals surface area contributed by atoms with E-state index in [2.05, 4.69) is 5.32 Å². The highest BCUT2D eigenvalue weighted by atomic mass is 35.5. The Hall–Kier alpha value is -2.60. The lowest BCUT2D eigenvalue weighted by Gasteiger charge is -2.20. The van der Waals surface area contributed by atoms with Crippen molar-refractivity contribution in [2.45, 2.75) is 12.8 Å². The van der Waals surface area contributed by atoms with Crippen molar-refractivity contribution >= 4 is 34.8 Å². The Morgan fingerprint density at radius 1 is 1.28 bits per heavy atom. The van der Waals surface area contributed by atoms with Crippen molar-refractivity contribution in [3.05, 3.63) is 53.3 Å². The second kappa shape index (κ2) is 7.53. The lowest BCUT2D eigenvalue weighted by atomic mass is 10.2. The van der Waals surface area contributed by atoms with Crippen LogP contribution in [0.3, 0.4) is 0 Å². The molecule has 0 radical (unpaired) electrons. The average Bonchev–Trinajstić information content (AvgIpc) is 3.00. The highest BCUT2D eigenvalue weighted by Crippen LogP contribution is 2.29. The summed E-state index contributed by atoms with van der Waals surface area (Å²) in [6, 6.07) is 10.8. The molecule has 3 rings (SSSR count). The van der Waals surface area contributed by atoms with Crippen LogP contribution < -0.4 is 15.0 Å². The number of hydrogen-bond donors (Lipinski definition) is 1. The summed E-state index contributed by atoms with van der Waals surface area (Å²) in [6.07, 6.45) is 1.31. The molecule has 130 valence electrons. The number of amides is 2. The molecule has 2 aromatic carbocycles. The summed E-state index contributed by atoms with van der Waals surface area (Å²) in [7, 11) is 0. The van der Waals surface area contributed by atoms with Crippen LogP contribution in [0.5, 0.6) is 5.75 Å². The van der Waals surface area contributed by atoms with Gasteiger partial charge in [-0.1, -0.05) is 23.7 Å². The maximum absolute atomic E-state index is 13.0. The van der Waals surface area contributed by atoms with Crippen molar-refractivity contribution in [3.63, 3.8) is 0 Å². The monoisotopic (exact) mass is 362 g/mol. The molecule has 1 aliphatic rings. The van der Waals surface area contributed by atoms with Crippen LogP contribution in [0.4, 0.5) is 15.8 Å². The number of nitrogens with zero attached hydrogens (tertiary/aromatic N) is 1. The highest BCUT2D eigenvalue weighted by molar-refractivity contribution is 6.32. The Balaban J connectivity index is 1.66. The van der Waals surface area contributed by atoms with Crippen LogP contribution in [0.25, 0.3) is 0 Å². The zero-order valence-electron chi connectivity index (χ0n) is 13.3. The minimum Gasteiger partial charge on any atom is -0.482 e. The van der Waals surface area contributed by atoms with Gasteiger partial charge in [0.2, 0.25) is 5.91 Å². The third-order valence-electron chi connectivity index (χ3n) is 3.80. The van der Waals surface area contributed by atoms with E-state index in [4.69, 9.17) is 16.3 Å². The van der Waals surface area contributed by atoms with E-state index in [-0.39, 0.29) is 23.3 Å². The first-order valence-electron chi connectivity index (χ1n) is 7.81. The van der Waals surface area contributed by atoms with E-state index in [1.807, 2.05) is 6.07 Å². The van der Waals surface area contributed by atoms with Gasteiger partial charge < -0.3 is 15.0 Å². The maximum Gasteiger partial charge on any atom is 0.262 e. The Morgan fingerprint density at radius 3 is 2.80 bits per heavy atom. The zero-order chi connectivity index (χ0) is 17.8. The summed E-state index contributed by atoms with van der Waals surface area (Å²) in [5.74, 6) is -0.622. The first-order valence-corrected chi connectivity index (χ1v) is 8.19. The van der Waals surface area contributed by atoms with E-state index in [0.29, 0.717) is 24.3 Å². The van der Waals surface area contributed by atoms with Gasteiger partial charge in [-0.05, 0) is 36.8 Å². The minimum atomic E-state index is -0.481. The first-order chi connectivity index (χ1) is 12.0. The molecule has 0 bridgehead atoms. The van der Waals surface area contributed by atoms with Gasteiger partial charge in [0.15, 0.2) is 6.61 Å². The predicted octanol–water partition coefficient (Wildman–Crippen LogP) is 3.62. The van der Waals surface area contributed by atoms with Crippen molar-refractivity contribution in [1.82, 2.24) is 0 Å². The van der Waals surface area contributed by atoms with E-state index >= 15 is 0 Å². The molecule has 2 aromatic rings. The second-order valence-electron chi connectivity index (χ2n) is 5.58. The molecule has 0 aliphatic carbocycles. The van der Waals surface area contributed by atoms with E-state index in [9.17, 15) is 14.0 Å². The number of nitrogens with one attached hydrogen (secondary N) is 1. The number of para-hydroxylation sites is 2. The van der Waals surface area contributed by atoms with Crippen molar-refractivity contribution in [2.75, 3.05) is 23.4 Å². The largest absolute Gasteiger partial charge is 0.482 e. The predicted molar refractivity (Wildman–Crippen MR) is 93.6 cm³/mol. The standard InChI is InChI=1S/C18H16ClFN2O3/c19-13-10-12(20)7-8-16(13)25-11-17(23)21-14-4-1-2-5-15(14)22-9-3-6-18(22)24/h1-2,4-5,7-8,10H,3,6,9,11H2,(H,21,23). The fourth-order valence-electron chi connectivity index (χ4n) is 2.64. The number of ether oxygens (including phenoxy) is 1. The molecule has 0 aromatic heterocycles. The normalized spacial score (nSPS) is 13.8. The number of halogens is 2. The summed E-state index contributed by atoms with van der Waals surface area (Å²) in [5.41, 5.74) is 1.20. The van der Waals surface area contributed by atoms with Gasteiger partial charge >= 0.3 is 0 Å². The number of anilines is 2. The van der Waals surface area contributed by atoms with Gasteiger partial charge in [0.25, 0.3) is 5.91 Å². The third kappa shape index (κ3) is 4.09. The summed E-state index contributed by atoms with van der Waals surface area (Å²) in [6.45, 7) is 0.348. The number of benzene rings is 2. The summed E-state index contributed by atoms with van der Waals surface area (Å²) < 4.78 is 18.3. The molecule has 0 atom stereocenters. The first kappa shape index (κ1) is 17.2. The van der Waals surface area contributed by atoms with Crippen LogP contribution in [0, 0.1) is 5.82 Å². The van der Waals surface area contributed by atoms with Crippen molar-refractivity contribution in [3.8, 4) is 5.75 Å². The fraction of sp³-hybridized carbons (Fsp3) is 0.222. The lowest BCUT2D eigenvalue weighted by Crippen LogP contribution is -2.26. The molecule has 0 saturated carbocycles. The summed E-state index contributed by atoms with van der Waals surface area (Å²) in [5, 5.41) is 2.83. The van der Waals surface area contributed by atoms with Crippen LogP contribution in [0.1, 0.15) is 12.8 Å². The molecule has 7 heteroatoms. The van der Waals surface area contributed by atoms with Crippen LogP contribution in [-0.4, -0.2) is 25.0 Å². The van der Waals surface area contributed by atoms with Crippen molar-refractivity contribution in [1.29, 1.82) is 0 Å². The van der Waals surface area contributed by atoms with Crippen LogP contribution in [0.2, 0.25) is 5.02 Å². The molecule has 1 saturated heterocycles. The number of carbonyl (C=O) groups is 2. The molecule has 1 aliphatic heterocycles. The second-order valence-corrected chi connectivity index (χ2v) is 5.98. The SMILES string of the molecule is O=C(COc1ccc(F)cc1Cl)Nc1ccccc1N1CCCC1=O. The van der Waals surface area contributed by atoms with Gasteiger partial charge in [0.05, 0.1) is 16.4 Å². The van der Waals surface area contributed by atoms with Gasteiger partial charge in [0.1, 0.15) is 11.6 Å². The number of carbonyl (C=O) groups excluding carboxylic acids is 2. The van der Waals surface area contributed by atoms with Crippen LogP contribution in [-0.2, 0) is 9.59 Å². The maximum atomic E-state index is 13.0. The van der Waals surface area contributed by atoms with Gasteiger partial charge in [-0.3, -0.25) is 9.59 Å². The molecular weight excluding hydrogens is 347 g/mol. The summed E-state index contributed by atoms with van der Waals surface area (Å²) >= 11 is 5.86. The van der Waals surface area contributed by atoms with Gasteiger partial charge in [0, 0.05) is 13.0 Å². The molecule has 1 heterocycles. The number of hydrogen-bond acceptors (Lipinski definition) is 3. The Bertz CT molecular complexity index is 813. The van der Waals surface area contributed by atoms with E-state index in [0.717, 1.165) is 12.5 Å². The fourth-order valence-corrected chi connectivity index (χ4v) is 2.86. The molecule has 5 nitrogen and oxygen atoms in total. The molecule has 25 heavy (non-hydrogen) atoms. The third-order valence-corrected chi connectivity index (χ3v) is 4.09. The molecule has 0 unspecified atom stereocenters. The van der Waals surface area contributed by atoms with E-state index in [1.54, 1.807) is 23.1 Å². The van der Waals surface area contributed by atoms with Crippen LogP contribution in [0.15, 0.2) is 42.5 Å². The Morgan fingerprint density at radius 2 is 2.08 bits per heavy atom. The smallest absolute Gasteiger partial charge is 0.262 e. The topological polar surface area (TPSA) is 58.6 Å². The number of rotatable bonds is 5. The van der Waals surface area contributed by atoms with Gasteiger partial charge in [-0.2, -0.15) is 0 Å². The van der Waals surface area contributed by atoms with Crippen molar-refractivity contribution in [2.24, 2.45) is 0 Å². The van der Waals surface area contributed by atoms with E-state index < -0.39 is 11.7 Å². The molecular formula is C18H16ClFN2O3. The Labute approximate surface area is 149 Å². The average molecular weight is 363 g/mol. The van der Waals surface area contributed by atoms with Crippen LogP contribution >= 0.6 is 11.6 Å². The zero-order valence-corrected chi connectivity index (χ0v) is 14.1. The molecule has 1 fully saturated rings.